The van der Waals surface area contributed by atoms with Crippen molar-refractivity contribution in [2.75, 3.05) is 19.5 Å². The minimum Gasteiger partial charge on any atom is -0.496 e. The van der Waals surface area contributed by atoms with E-state index in [4.69, 9.17) is 25.4 Å². The highest BCUT2D eigenvalue weighted by Crippen LogP contribution is 2.33. The number of nitrogens with one attached hydrogen (secondary N) is 3. The number of carbonyl (C=O) groups excluding carboxylic acids is 1. The van der Waals surface area contributed by atoms with Crippen LogP contribution in [0, 0.1) is 19.3 Å². The molecule has 11 nitrogen and oxygen atoms in total. The lowest BCUT2D eigenvalue weighted by molar-refractivity contribution is -0.131. The van der Waals surface area contributed by atoms with Crippen molar-refractivity contribution in [2.45, 2.75) is 26.8 Å². The molecule has 0 bridgehead atoms. The van der Waals surface area contributed by atoms with Crippen LogP contribution in [0.4, 0.5) is 5.69 Å². The molecule has 0 saturated heterocycles. The molecular formula is C28H30N6O5. The summed E-state index contributed by atoms with van der Waals surface area (Å²) in [4.78, 5) is 27.6. The zero-order chi connectivity index (χ0) is 28.3. The molecule has 11 heteroatoms. The van der Waals surface area contributed by atoms with Crippen molar-refractivity contribution >= 4 is 17.5 Å². The van der Waals surface area contributed by atoms with Gasteiger partial charge in [0.25, 0.3) is 0 Å². The number of H-pyrrole nitrogens is 1. The molecule has 0 radical (unpaired) electrons. The molecule has 0 spiro atoms. The fourth-order valence-corrected chi connectivity index (χ4v) is 4.46. The number of rotatable bonds is 9. The SMILES string of the molecule is COc1ccccc1-n1nc(C(Nc2ccc(C(=N)N)c(OC(C)=O)c2)c2cc(C)c(OC)c(C)c2)[nH]c1=O. The van der Waals surface area contributed by atoms with E-state index >= 15 is 0 Å². The molecule has 1 atom stereocenters. The summed E-state index contributed by atoms with van der Waals surface area (Å²) >= 11 is 0. The van der Waals surface area contributed by atoms with Gasteiger partial charge in [-0.15, -0.1) is 5.10 Å². The fourth-order valence-electron chi connectivity index (χ4n) is 4.46. The smallest absolute Gasteiger partial charge is 0.348 e. The van der Waals surface area contributed by atoms with Gasteiger partial charge in [0, 0.05) is 18.7 Å². The number of nitrogens with two attached hydrogens (primary N) is 1. The summed E-state index contributed by atoms with van der Waals surface area (Å²) in [5, 5.41) is 15.8. The molecule has 1 unspecified atom stereocenters. The van der Waals surface area contributed by atoms with Gasteiger partial charge >= 0.3 is 11.7 Å². The number of aromatic amines is 1. The predicted molar refractivity (Wildman–Crippen MR) is 147 cm³/mol. The van der Waals surface area contributed by atoms with Crippen LogP contribution in [0.3, 0.4) is 0 Å². The van der Waals surface area contributed by atoms with Gasteiger partial charge in [-0.25, -0.2) is 4.79 Å². The summed E-state index contributed by atoms with van der Waals surface area (Å²) in [5.74, 6) is 0.925. The number of benzene rings is 3. The van der Waals surface area contributed by atoms with E-state index in [-0.39, 0.29) is 17.1 Å². The van der Waals surface area contributed by atoms with Crippen LogP contribution in [-0.4, -0.2) is 40.8 Å². The van der Waals surface area contributed by atoms with Crippen molar-refractivity contribution in [3.8, 4) is 22.9 Å². The maximum Gasteiger partial charge on any atom is 0.348 e. The van der Waals surface area contributed by atoms with Crippen molar-refractivity contribution in [1.29, 1.82) is 5.41 Å². The van der Waals surface area contributed by atoms with E-state index in [0.29, 0.717) is 22.9 Å². The number of aryl methyl sites for hydroxylation is 2. The Kier molecular flexibility index (Phi) is 7.70. The molecule has 0 amide bonds. The monoisotopic (exact) mass is 530 g/mol. The first-order valence-corrected chi connectivity index (χ1v) is 12.0. The Morgan fingerprint density at radius 1 is 1.05 bits per heavy atom. The summed E-state index contributed by atoms with van der Waals surface area (Å²) in [5.41, 5.74) is 9.14. The largest absolute Gasteiger partial charge is 0.496 e. The van der Waals surface area contributed by atoms with Gasteiger partial charge in [-0.1, -0.05) is 12.1 Å². The minimum atomic E-state index is -0.634. The first-order valence-electron chi connectivity index (χ1n) is 12.0. The summed E-state index contributed by atoms with van der Waals surface area (Å²) in [6.45, 7) is 5.14. The first kappa shape index (κ1) is 27.0. The van der Waals surface area contributed by atoms with Gasteiger partial charge in [0.15, 0.2) is 5.82 Å². The van der Waals surface area contributed by atoms with Gasteiger partial charge in [-0.2, -0.15) is 4.68 Å². The van der Waals surface area contributed by atoms with Gasteiger partial charge < -0.3 is 25.3 Å². The molecule has 1 heterocycles. The zero-order valence-electron chi connectivity index (χ0n) is 22.3. The number of methoxy groups -OCH3 is 2. The van der Waals surface area contributed by atoms with Crippen LogP contribution < -0.4 is 31.0 Å². The number of amidine groups is 1. The molecule has 0 aliphatic carbocycles. The summed E-state index contributed by atoms with van der Waals surface area (Å²) < 4.78 is 17.5. The van der Waals surface area contributed by atoms with E-state index < -0.39 is 17.7 Å². The van der Waals surface area contributed by atoms with E-state index in [1.807, 2.05) is 26.0 Å². The van der Waals surface area contributed by atoms with Crippen LogP contribution in [0.2, 0.25) is 0 Å². The van der Waals surface area contributed by atoms with Gasteiger partial charge in [-0.3, -0.25) is 15.2 Å². The van der Waals surface area contributed by atoms with Crippen LogP contribution in [0.1, 0.15) is 41.0 Å². The quantitative estimate of drug-likeness (QED) is 0.111. The van der Waals surface area contributed by atoms with Crippen LogP contribution in [-0.2, 0) is 4.79 Å². The standard InChI is InChI=1S/C28H30N6O5/c1-15-12-18(13-16(2)25(15)38-5)24(31-19-10-11-20(26(29)30)23(14-19)39-17(3)35)27-32-28(36)34(33-27)21-8-6-7-9-22(21)37-4/h6-14,24,31H,1-5H3,(H3,29,30)(H,32,33,36). The lowest BCUT2D eigenvalue weighted by atomic mass is 9.99. The maximum absolute atomic E-state index is 13.1. The molecule has 5 N–H and O–H groups in total. The van der Waals surface area contributed by atoms with E-state index in [0.717, 1.165) is 22.4 Å². The normalized spacial score (nSPS) is 11.5. The highest BCUT2D eigenvalue weighted by molar-refractivity contribution is 5.98. The Morgan fingerprint density at radius 3 is 2.36 bits per heavy atom. The molecule has 4 aromatic rings. The average molecular weight is 531 g/mol. The Morgan fingerprint density at radius 2 is 1.74 bits per heavy atom. The van der Waals surface area contributed by atoms with Gasteiger partial charge in [0.1, 0.15) is 34.8 Å². The molecule has 39 heavy (non-hydrogen) atoms. The number of nitrogens with zero attached hydrogens (tertiary/aromatic N) is 2. The summed E-state index contributed by atoms with van der Waals surface area (Å²) in [6.07, 6.45) is 0. The third-order valence-electron chi connectivity index (χ3n) is 6.08. The Labute approximate surface area is 225 Å². The highest BCUT2D eigenvalue weighted by atomic mass is 16.5. The molecule has 0 fully saturated rings. The lowest BCUT2D eigenvalue weighted by Gasteiger charge is -2.21. The number of ether oxygens (including phenoxy) is 3. The number of para-hydroxylation sites is 2. The number of aromatic nitrogens is 3. The van der Waals surface area contributed by atoms with Crippen molar-refractivity contribution in [3.63, 3.8) is 0 Å². The second-order valence-electron chi connectivity index (χ2n) is 8.88. The molecule has 4 rings (SSSR count). The average Bonchev–Trinajstić information content (AvgIpc) is 3.27. The number of carbonyl (C=O) groups is 1. The zero-order valence-corrected chi connectivity index (χ0v) is 22.3. The Bertz CT molecular complexity index is 1580. The van der Waals surface area contributed by atoms with Crippen molar-refractivity contribution in [2.24, 2.45) is 5.73 Å². The molecule has 1 aromatic heterocycles. The Balaban J connectivity index is 1.86. The molecule has 0 saturated carbocycles. The predicted octanol–water partition coefficient (Wildman–Crippen LogP) is 3.61. The lowest BCUT2D eigenvalue weighted by Crippen LogP contribution is -2.17. The summed E-state index contributed by atoms with van der Waals surface area (Å²) in [6, 6.07) is 15.2. The number of esters is 1. The van der Waals surface area contributed by atoms with Crippen molar-refractivity contribution in [1.82, 2.24) is 14.8 Å². The van der Waals surface area contributed by atoms with Gasteiger partial charge in [0.05, 0.1) is 19.8 Å². The van der Waals surface area contributed by atoms with E-state index in [9.17, 15) is 9.59 Å². The molecule has 202 valence electrons. The molecule has 0 aliphatic rings. The number of anilines is 1. The molecule has 3 aromatic carbocycles. The van der Waals surface area contributed by atoms with Crippen LogP contribution in [0.5, 0.6) is 17.2 Å². The van der Waals surface area contributed by atoms with Crippen molar-refractivity contribution < 1.29 is 19.0 Å². The number of hydrogen-bond donors (Lipinski definition) is 4. The second kappa shape index (κ2) is 11.1. The second-order valence-corrected chi connectivity index (χ2v) is 8.88. The highest BCUT2D eigenvalue weighted by Gasteiger charge is 2.23. The topological polar surface area (TPSA) is 157 Å². The summed E-state index contributed by atoms with van der Waals surface area (Å²) in [7, 11) is 3.14. The Hall–Kier alpha value is -5.06. The van der Waals surface area contributed by atoms with Gasteiger partial charge in [-0.05, 0) is 66.9 Å². The van der Waals surface area contributed by atoms with Crippen LogP contribution in [0.15, 0.2) is 59.4 Å². The maximum atomic E-state index is 13.1. The molecular weight excluding hydrogens is 500 g/mol. The van der Waals surface area contributed by atoms with Crippen molar-refractivity contribution in [3.05, 3.63) is 93.2 Å². The van der Waals surface area contributed by atoms with E-state index in [1.165, 1.54) is 18.7 Å². The minimum absolute atomic E-state index is 0.133. The fraction of sp³-hybridized carbons (Fsp3) is 0.214. The van der Waals surface area contributed by atoms with Crippen LogP contribution >= 0.6 is 0 Å². The number of hydrogen-bond acceptors (Lipinski definition) is 8. The number of nitrogen functional groups attached to an aromatic ring is 1. The first-order chi connectivity index (χ1) is 18.6. The third-order valence-corrected chi connectivity index (χ3v) is 6.08. The van der Waals surface area contributed by atoms with Gasteiger partial charge in [0.2, 0.25) is 0 Å². The van der Waals surface area contributed by atoms with E-state index in [1.54, 1.807) is 49.6 Å². The molecule has 0 aliphatic heterocycles. The third kappa shape index (κ3) is 5.61. The van der Waals surface area contributed by atoms with E-state index in [2.05, 4.69) is 15.4 Å². The van der Waals surface area contributed by atoms with Crippen LogP contribution in [0.25, 0.3) is 5.69 Å².